The molecule has 2 aromatic carbocycles. The standard InChI is InChI=1S/C17H17FN2O2/c1-2-12-7-9-13(10-8-12)20-16(21)11-19-17(22)14-5-3-4-6-15(14)18/h3-10H,2,11H2,1H3,(H,19,22)(H,20,21). The highest BCUT2D eigenvalue weighted by atomic mass is 19.1. The molecule has 5 heteroatoms. The predicted molar refractivity (Wildman–Crippen MR) is 83.2 cm³/mol. The van der Waals surface area contributed by atoms with E-state index in [0.717, 1.165) is 6.42 Å². The van der Waals surface area contributed by atoms with Gasteiger partial charge in [-0.15, -0.1) is 0 Å². The van der Waals surface area contributed by atoms with Crippen molar-refractivity contribution in [3.8, 4) is 0 Å². The average Bonchev–Trinajstić information content (AvgIpc) is 2.54. The number of anilines is 1. The van der Waals surface area contributed by atoms with Gasteiger partial charge in [0, 0.05) is 5.69 Å². The largest absolute Gasteiger partial charge is 0.343 e. The number of amides is 2. The van der Waals surface area contributed by atoms with E-state index < -0.39 is 11.7 Å². The van der Waals surface area contributed by atoms with Crippen LogP contribution in [0.5, 0.6) is 0 Å². The molecule has 0 radical (unpaired) electrons. The zero-order valence-electron chi connectivity index (χ0n) is 12.2. The molecule has 0 saturated carbocycles. The molecule has 2 aromatic rings. The fourth-order valence-electron chi connectivity index (χ4n) is 1.93. The first-order valence-corrected chi connectivity index (χ1v) is 7.01. The molecule has 0 atom stereocenters. The number of hydrogen-bond donors (Lipinski definition) is 2. The van der Waals surface area contributed by atoms with Crippen LogP contribution in [-0.2, 0) is 11.2 Å². The van der Waals surface area contributed by atoms with Crippen molar-refractivity contribution >= 4 is 17.5 Å². The minimum atomic E-state index is -0.616. The fourth-order valence-corrected chi connectivity index (χ4v) is 1.93. The van der Waals surface area contributed by atoms with E-state index in [1.54, 1.807) is 18.2 Å². The monoisotopic (exact) mass is 300 g/mol. The number of carbonyl (C=O) groups is 2. The van der Waals surface area contributed by atoms with Gasteiger partial charge >= 0.3 is 0 Å². The quantitative estimate of drug-likeness (QED) is 0.892. The van der Waals surface area contributed by atoms with Crippen LogP contribution in [0.1, 0.15) is 22.8 Å². The van der Waals surface area contributed by atoms with Gasteiger partial charge in [0.1, 0.15) is 5.82 Å². The molecular weight excluding hydrogens is 283 g/mol. The molecule has 0 spiro atoms. The minimum Gasteiger partial charge on any atom is -0.343 e. The molecular formula is C17H17FN2O2. The number of nitrogens with one attached hydrogen (secondary N) is 2. The average molecular weight is 300 g/mol. The molecule has 0 aliphatic heterocycles. The van der Waals surface area contributed by atoms with Crippen LogP contribution in [0.25, 0.3) is 0 Å². The predicted octanol–water partition coefficient (Wildman–Crippen LogP) is 2.76. The van der Waals surface area contributed by atoms with Crippen molar-refractivity contribution in [2.45, 2.75) is 13.3 Å². The Bertz CT molecular complexity index is 669. The molecule has 4 nitrogen and oxygen atoms in total. The summed E-state index contributed by atoms with van der Waals surface area (Å²) in [5.41, 5.74) is 1.75. The van der Waals surface area contributed by atoms with Gasteiger partial charge in [-0.3, -0.25) is 9.59 Å². The Kier molecular flexibility index (Phi) is 5.25. The first-order valence-electron chi connectivity index (χ1n) is 7.01. The molecule has 22 heavy (non-hydrogen) atoms. The molecule has 0 aliphatic rings. The second kappa shape index (κ2) is 7.36. The Hall–Kier alpha value is -2.69. The first kappa shape index (κ1) is 15.7. The van der Waals surface area contributed by atoms with Crippen LogP contribution < -0.4 is 10.6 Å². The summed E-state index contributed by atoms with van der Waals surface area (Å²) in [6.07, 6.45) is 0.924. The highest BCUT2D eigenvalue weighted by Crippen LogP contribution is 2.10. The lowest BCUT2D eigenvalue weighted by molar-refractivity contribution is -0.115. The van der Waals surface area contributed by atoms with E-state index in [9.17, 15) is 14.0 Å². The second-order valence-electron chi connectivity index (χ2n) is 4.76. The van der Waals surface area contributed by atoms with Crippen LogP contribution in [0.4, 0.5) is 10.1 Å². The van der Waals surface area contributed by atoms with Crippen molar-refractivity contribution in [1.29, 1.82) is 0 Å². The maximum atomic E-state index is 13.4. The van der Waals surface area contributed by atoms with E-state index in [4.69, 9.17) is 0 Å². The molecule has 0 aliphatic carbocycles. The van der Waals surface area contributed by atoms with Gasteiger partial charge in [-0.25, -0.2) is 4.39 Å². The van der Waals surface area contributed by atoms with Crippen molar-refractivity contribution in [3.63, 3.8) is 0 Å². The third-order valence-electron chi connectivity index (χ3n) is 3.17. The minimum absolute atomic E-state index is 0.0809. The summed E-state index contributed by atoms with van der Waals surface area (Å²) in [5, 5.41) is 5.06. The van der Waals surface area contributed by atoms with Gasteiger partial charge in [-0.05, 0) is 36.2 Å². The molecule has 0 bridgehead atoms. The summed E-state index contributed by atoms with van der Waals surface area (Å²) in [6, 6.07) is 13.1. The molecule has 2 N–H and O–H groups in total. The molecule has 0 aromatic heterocycles. The summed E-state index contributed by atoms with van der Waals surface area (Å²) in [6.45, 7) is 1.83. The zero-order valence-corrected chi connectivity index (χ0v) is 12.2. The number of halogens is 1. The van der Waals surface area contributed by atoms with Gasteiger partial charge in [-0.1, -0.05) is 31.2 Å². The number of aryl methyl sites for hydroxylation is 1. The highest BCUT2D eigenvalue weighted by Gasteiger charge is 2.11. The number of hydrogen-bond acceptors (Lipinski definition) is 2. The zero-order chi connectivity index (χ0) is 15.9. The van der Waals surface area contributed by atoms with Crippen molar-refractivity contribution in [2.24, 2.45) is 0 Å². The molecule has 0 fully saturated rings. The first-order chi connectivity index (χ1) is 10.6. The maximum absolute atomic E-state index is 13.4. The molecule has 114 valence electrons. The number of rotatable bonds is 5. The van der Waals surface area contributed by atoms with Crippen LogP contribution in [0.3, 0.4) is 0 Å². The van der Waals surface area contributed by atoms with Crippen molar-refractivity contribution < 1.29 is 14.0 Å². The van der Waals surface area contributed by atoms with E-state index >= 15 is 0 Å². The molecule has 0 saturated heterocycles. The third-order valence-corrected chi connectivity index (χ3v) is 3.17. The maximum Gasteiger partial charge on any atom is 0.254 e. The van der Waals surface area contributed by atoms with Gasteiger partial charge < -0.3 is 10.6 Å². The van der Waals surface area contributed by atoms with Gasteiger partial charge in [0.25, 0.3) is 5.91 Å². The number of benzene rings is 2. The second-order valence-corrected chi connectivity index (χ2v) is 4.76. The van der Waals surface area contributed by atoms with Crippen molar-refractivity contribution in [2.75, 3.05) is 11.9 Å². The third kappa shape index (κ3) is 4.15. The van der Waals surface area contributed by atoms with Gasteiger partial charge in [-0.2, -0.15) is 0 Å². The molecule has 2 rings (SSSR count). The van der Waals surface area contributed by atoms with Gasteiger partial charge in [0.05, 0.1) is 12.1 Å². The summed E-state index contributed by atoms with van der Waals surface area (Å²) in [5.74, 6) is -1.60. The Morgan fingerprint density at radius 2 is 1.73 bits per heavy atom. The molecule has 0 unspecified atom stereocenters. The van der Waals surface area contributed by atoms with Crippen LogP contribution >= 0.6 is 0 Å². The summed E-state index contributed by atoms with van der Waals surface area (Å²) >= 11 is 0. The molecule has 2 amide bonds. The van der Waals surface area contributed by atoms with E-state index in [-0.39, 0.29) is 18.0 Å². The van der Waals surface area contributed by atoms with Crippen LogP contribution in [0, 0.1) is 5.82 Å². The highest BCUT2D eigenvalue weighted by molar-refractivity contribution is 5.99. The smallest absolute Gasteiger partial charge is 0.254 e. The summed E-state index contributed by atoms with van der Waals surface area (Å²) < 4.78 is 13.4. The lowest BCUT2D eigenvalue weighted by Crippen LogP contribution is -2.33. The van der Waals surface area contributed by atoms with E-state index in [1.165, 1.54) is 23.8 Å². The molecule has 0 heterocycles. The van der Waals surface area contributed by atoms with Crippen molar-refractivity contribution in [3.05, 3.63) is 65.5 Å². The van der Waals surface area contributed by atoms with Gasteiger partial charge in [0.2, 0.25) is 5.91 Å². The van der Waals surface area contributed by atoms with Crippen LogP contribution in [-0.4, -0.2) is 18.4 Å². The Morgan fingerprint density at radius 1 is 1.05 bits per heavy atom. The Morgan fingerprint density at radius 3 is 2.36 bits per heavy atom. The lowest BCUT2D eigenvalue weighted by atomic mass is 10.1. The Balaban J connectivity index is 1.87. The van der Waals surface area contributed by atoms with Crippen LogP contribution in [0.2, 0.25) is 0 Å². The Labute approximate surface area is 128 Å². The summed E-state index contributed by atoms with van der Waals surface area (Å²) in [7, 11) is 0. The summed E-state index contributed by atoms with van der Waals surface area (Å²) in [4.78, 5) is 23.5. The SMILES string of the molecule is CCc1ccc(NC(=O)CNC(=O)c2ccccc2F)cc1. The van der Waals surface area contributed by atoms with Crippen LogP contribution in [0.15, 0.2) is 48.5 Å². The van der Waals surface area contributed by atoms with E-state index in [1.807, 2.05) is 19.1 Å². The van der Waals surface area contributed by atoms with E-state index in [0.29, 0.717) is 5.69 Å². The van der Waals surface area contributed by atoms with E-state index in [2.05, 4.69) is 10.6 Å². The lowest BCUT2D eigenvalue weighted by Gasteiger charge is -2.08. The topological polar surface area (TPSA) is 58.2 Å². The van der Waals surface area contributed by atoms with Gasteiger partial charge in [0.15, 0.2) is 0 Å². The van der Waals surface area contributed by atoms with Crippen molar-refractivity contribution in [1.82, 2.24) is 5.32 Å². The fraction of sp³-hybridized carbons (Fsp3) is 0.176. The normalized spacial score (nSPS) is 10.1. The number of carbonyl (C=O) groups excluding carboxylic acids is 2.